The van der Waals surface area contributed by atoms with Crippen molar-refractivity contribution in [3.63, 3.8) is 0 Å². The lowest BCUT2D eigenvalue weighted by Crippen LogP contribution is -2.08. The first-order chi connectivity index (χ1) is 9.13. The predicted molar refractivity (Wildman–Crippen MR) is 73.9 cm³/mol. The second kappa shape index (κ2) is 4.57. The summed E-state index contributed by atoms with van der Waals surface area (Å²) in [5.41, 5.74) is 4.29. The van der Waals surface area contributed by atoms with Gasteiger partial charge in [0.15, 0.2) is 0 Å². The quantitative estimate of drug-likeness (QED) is 0.854. The Balaban J connectivity index is 1.86. The zero-order valence-electron chi connectivity index (χ0n) is 10.8. The van der Waals surface area contributed by atoms with E-state index in [1.54, 1.807) is 12.1 Å². The summed E-state index contributed by atoms with van der Waals surface area (Å²) in [7, 11) is 0. The Morgan fingerprint density at radius 3 is 2.84 bits per heavy atom. The maximum atomic E-state index is 13.1. The van der Waals surface area contributed by atoms with Crippen LogP contribution in [0.2, 0.25) is 0 Å². The fraction of sp³-hybridized carbons (Fsp3) is 0.250. The molecular weight excluding hydrogens is 241 g/mol. The van der Waals surface area contributed by atoms with E-state index < -0.39 is 0 Å². The third kappa shape index (κ3) is 2.28. The number of fused-ring (bicyclic) bond motifs is 1. The highest BCUT2D eigenvalue weighted by Gasteiger charge is 2.22. The fourth-order valence-corrected chi connectivity index (χ4v) is 2.73. The Morgan fingerprint density at radius 2 is 2.05 bits per heavy atom. The van der Waals surface area contributed by atoms with Gasteiger partial charge in [0, 0.05) is 5.69 Å². The van der Waals surface area contributed by atoms with Gasteiger partial charge in [-0.25, -0.2) is 4.39 Å². The van der Waals surface area contributed by atoms with E-state index >= 15 is 0 Å². The number of anilines is 1. The molecule has 3 rings (SSSR count). The zero-order valence-corrected chi connectivity index (χ0v) is 10.8. The number of benzene rings is 2. The average molecular weight is 257 g/mol. The highest BCUT2D eigenvalue weighted by molar-refractivity contribution is 5.54. The maximum absolute atomic E-state index is 13.1. The molecule has 0 spiro atoms. The number of rotatable bonds is 2. The molecule has 2 nitrogen and oxygen atoms in total. The molecule has 0 radical (unpaired) electrons. The molecule has 1 atom stereocenters. The molecule has 2 N–H and O–H groups in total. The van der Waals surface area contributed by atoms with Crippen molar-refractivity contribution in [1.82, 2.24) is 0 Å². The van der Waals surface area contributed by atoms with E-state index in [9.17, 15) is 9.50 Å². The van der Waals surface area contributed by atoms with Crippen molar-refractivity contribution in [1.29, 1.82) is 0 Å². The number of phenols is 1. The monoisotopic (exact) mass is 257 g/mol. The van der Waals surface area contributed by atoms with E-state index in [1.165, 1.54) is 23.3 Å². The summed E-state index contributed by atoms with van der Waals surface area (Å²) in [5, 5.41) is 12.9. The molecule has 0 aromatic heterocycles. The number of nitrogens with one attached hydrogen (secondary N) is 1. The first-order valence-corrected chi connectivity index (χ1v) is 6.48. The van der Waals surface area contributed by atoms with Gasteiger partial charge in [-0.1, -0.05) is 6.07 Å². The standard InChI is InChI=1S/C16H16FNO/c1-10-8-12(17)3-7-15(10)18-16-6-2-11-9-13(19)4-5-14(11)16/h3-5,7-9,16,18-19H,2,6H2,1H3. The number of aryl methyl sites for hydroxylation is 2. The lowest BCUT2D eigenvalue weighted by molar-refractivity contribution is 0.474. The molecule has 98 valence electrons. The van der Waals surface area contributed by atoms with Crippen molar-refractivity contribution in [3.8, 4) is 5.75 Å². The Morgan fingerprint density at radius 1 is 1.21 bits per heavy atom. The third-order valence-corrected chi connectivity index (χ3v) is 3.72. The van der Waals surface area contributed by atoms with E-state index in [0.29, 0.717) is 5.75 Å². The Kier molecular flexibility index (Phi) is 2.90. The van der Waals surface area contributed by atoms with Crippen LogP contribution in [0.5, 0.6) is 5.75 Å². The van der Waals surface area contributed by atoms with Crippen LogP contribution < -0.4 is 5.32 Å². The summed E-state index contributed by atoms with van der Waals surface area (Å²) in [4.78, 5) is 0. The molecule has 0 saturated carbocycles. The molecule has 0 bridgehead atoms. The van der Waals surface area contributed by atoms with E-state index in [-0.39, 0.29) is 11.9 Å². The number of hydrogen-bond acceptors (Lipinski definition) is 2. The molecule has 0 amide bonds. The second-order valence-corrected chi connectivity index (χ2v) is 5.08. The van der Waals surface area contributed by atoms with Gasteiger partial charge in [0.1, 0.15) is 11.6 Å². The molecule has 0 fully saturated rings. The second-order valence-electron chi connectivity index (χ2n) is 5.08. The van der Waals surface area contributed by atoms with E-state index in [2.05, 4.69) is 5.32 Å². The molecule has 0 aliphatic heterocycles. The summed E-state index contributed by atoms with van der Waals surface area (Å²) >= 11 is 0. The van der Waals surface area contributed by atoms with Crippen LogP contribution in [0.1, 0.15) is 29.2 Å². The SMILES string of the molecule is Cc1cc(F)ccc1NC1CCc2cc(O)ccc21. The first-order valence-electron chi connectivity index (χ1n) is 6.48. The highest BCUT2D eigenvalue weighted by Crippen LogP contribution is 2.36. The first kappa shape index (κ1) is 12.0. The minimum Gasteiger partial charge on any atom is -0.508 e. The van der Waals surface area contributed by atoms with Crippen LogP contribution in [-0.2, 0) is 6.42 Å². The Bertz CT molecular complexity index is 624. The summed E-state index contributed by atoms with van der Waals surface area (Å²) < 4.78 is 13.1. The molecule has 1 aliphatic rings. The number of halogens is 1. The van der Waals surface area contributed by atoms with Crippen LogP contribution in [0, 0.1) is 12.7 Å². The van der Waals surface area contributed by atoms with Crippen LogP contribution in [-0.4, -0.2) is 5.11 Å². The zero-order chi connectivity index (χ0) is 13.4. The smallest absolute Gasteiger partial charge is 0.123 e. The normalized spacial score (nSPS) is 17.3. The van der Waals surface area contributed by atoms with Crippen molar-refractivity contribution in [2.75, 3.05) is 5.32 Å². The molecule has 0 heterocycles. The van der Waals surface area contributed by atoms with Gasteiger partial charge in [0.2, 0.25) is 0 Å². The lowest BCUT2D eigenvalue weighted by Gasteiger charge is -2.17. The predicted octanol–water partition coefficient (Wildman–Crippen LogP) is 3.94. The summed E-state index contributed by atoms with van der Waals surface area (Å²) in [5.74, 6) is 0.108. The molecular formula is C16H16FNO. The molecule has 1 unspecified atom stereocenters. The van der Waals surface area contributed by atoms with Gasteiger partial charge < -0.3 is 10.4 Å². The van der Waals surface area contributed by atoms with Crippen LogP contribution in [0.4, 0.5) is 10.1 Å². The highest BCUT2D eigenvalue weighted by atomic mass is 19.1. The van der Waals surface area contributed by atoms with Crippen LogP contribution >= 0.6 is 0 Å². The molecule has 0 saturated heterocycles. The van der Waals surface area contributed by atoms with Gasteiger partial charge >= 0.3 is 0 Å². The van der Waals surface area contributed by atoms with Crippen molar-refractivity contribution >= 4 is 5.69 Å². The van der Waals surface area contributed by atoms with Crippen molar-refractivity contribution in [2.24, 2.45) is 0 Å². The van der Waals surface area contributed by atoms with Crippen LogP contribution in [0.25, 0.3) is 0 Å². The molecule has 2 aromatic rings. The summed E-state index contributed by atoms with van der Waals surface area (Å²) in [6.45, 7) is 1.90. The van der Waals surface area contributed by atoms with E-state index in [0.717, 1.165) is 24.1 Å². The molecule has 1 aliphatic carbocycles. The third-order valence-electron chi connectivity index (χ3n) is 3.72. The van der Waals surface area contributed by atoms with E-state index in [4.69, 9.17) is 0 Å². The van der Waals surface area contributed by atoms with Crippen molar-refractivity contribution in [2.45, 2.75) is 25.8 Å². The molecule has 3 heteroatoms. The molecule has 19 heavy (non-hydrogen) atoms. The van der Waals surface area contributed by atoms with Crippen LogP contribution in [0.15, 0.2) is 36.4 Å². The Hall–Kier alpha value is -2.03. The van der Waals surface area contributed by atoms with Gasteiger partial charge in [0.05, 0.1) is 6.04 Å². The van der Waals surface area contributed by atoms with E-state index in [1.807, 2.05) is 19.1 Å². The fourth-order valence-electron chi connectivity index (χ4n) is 2.73. The topological polar surface area (TPSA) is 32.3 Å². The van der Waals surface area contributed by atoms with Gasteiger partial charge in [-0.2, -0.15) is 0 Å². The van der Waals surface area contributed by atoms with Crippen molar-refractivity contribution in [3.05, 3.63) is 58.9 Å². The average Bonchev–Trinajstić information content (AvgIpc) is 2.75. The largest absolute Gasteiger partial charge is 0.508 e. The van der Waals surface area contributed by atoms with Gasteiger partial charge in [-0.05, 0) is 66.8 Å². The minimum absolute atomic E-state index is 0.209. The number of phenolic OH excluding ortho intramolecular Hbond substituents is 1. The molecule has 2 aromatic carbocycles. The van der Waals surface area contributed by atoms with Gasteiger partial charge in [-0.3, -0.25) is 0 Å². The number of hydrogen-bond donors (Lipinski definition) is 2. The lowest BCUT2D eigenvalue weighted by atomic mass is 10.1. The Labute approximate surface area is 111 Å². The summed E-state index contributed by atoms with van der Waals surface area (Å²) in [6, 6.07) is 10.5. The van der Waals surface area contributed by atoms with Crippen LogP contribution in [0.3, 0.4) is 0 Å². The van der Waals surface area contributed by atoms with Gasteiger partial charge in [-0.15, -0.1) is 0 Å². The maximum Gasteiger partial charge on any atom is 0.123 e. The van der Waals surface area contributed by atoms with Crippen molar-refractivity contribution < 1.29 is 9.50 Å². The summed E-state index contributed by atoms with van der Waals surface area (Å²) in [6.07, 6.45) is 1.96. The number of aromatic hydroxyl groups is 1. The van der Waals surface area contributed by atoms with Gasteiger partial charge in [0.25, 0.3) is 0 Å². The minimum atomic E-state index is -0.209.